The first-order valence-corrected chi connectivity index (χ1v) is 11.7. The smallest absolute Gasteiger partial charge is 0.242 e. The van der Waals surface area contributed by atoms with Crippen LogP contribution >= 0.6 is 31.9 Å². The highest BCUT2D eigenvalue weighted by Crippen LogP contribution is 2.23. The monoisotopic (exact) mass is 547 g/mol. The lowest BCUT2D eigenvalue weighted by Gasteiger charge is -2.17. The van der Waals surface area contributed by atoms with E-state index in [2.05, 4.69) is 44.1 Å². The summed E-state index contributed by atoms with van der Waals surface area (Å²) in [5, 5.41) is 4.68. The van der Waals surface area contributed by atoms with Crippen molar-refractivity contribution < 1.29 is 33.4 Å². The number of ether oxygens (including phenoxy) is 4. The van der Waals surface area contributed by atoms with Crippen LogP contribution in [0.15, 0.2) is 11.5 Å². The van der Waals surface area contributed by atoms with Gasteiger partial charge in [-0.15, -0.1) is 0 Å². The number of hydrogen-bond acceptors (Lipinski definition) is 9. The zero-order valence-electron chi connectivity index (χ0n) is 16.7. The van der Waals surface area contributed by atoms with E-state index < -0.39 is 6.17 Å². The maximum atomic E-state index is 12.0. The van der Waals surface area contributed by atoms with Crippen LogP contribution in [0.4, 0.5) is 0 Å². The second-order valence-electron chi connectivity index (χ2n) is 5.87. The molecule has 0 aromatic heterocycles. The van der Waals surface area contributed by atoms with Crippen molar-refractivity contribution in [1.29, 1.82) is 0 Å². The maximum absolute atomic E-state index is 12.0. The highest BCUT2D eigenvalue weighted by molar-refractivity contribution is 9.09. The molecule has 1 aliphatic heterocycles. The molecule has 12 heteroatoms. The van der Waals surface area contributed by atoms with Gasteiger partial charge in [0.1, 0.15) is 6.17 Å². The van der Waals surface area contributed by atoms with E-state index in [1.54, 1.807) is 0 Å². The van der Waals surface area contributed by atoms with Crippen molar-refractivity contribution in [1.82, 2.24) is 10.5 Å². The van der Waals surface area contributed by atoms with Crippen molar-refractivity contribution in [2.24, 2.45) is 5.73 Å². The Labute approximate surface area is 188 Å². The first-order chi connectivity index (χ1) is 14.1. The molecule has 3 N–H and O–H groups in total. The van der Waals surface area contributed by atoms with Crippen molar-refractivity contribution in [2.75, 3.05) is 70.1 Å². The van der Waals surface area contributed by atoms with Crippen LogP contribution in [0.1, 0.15) is 13.3 Å². The predicted octanol–water partition coefficient (Wildman–Crippen LogP) is 1.04. The number of alkyl halides is 2. The van der Waals surface area contributed by atoms with Gasteiger partial charge in [-0.3, -0.25) is 4.79 Å². The number of amides is 1. The molecule has 0 aromatic carbocycles. The first-order valence-electron chi connectivity index (χ1n) is 9.44. The third-order valence-corrected chi connectivity index (χ3v) is 4.38. The van der Waals surface area contributed by atoms with Crippen LogP contribution in [0.25, 0.3) is 0 Å². The third kappa shape index (κ3) is 12.7. The van der Waals surface area contributed by atoms with Crippen LogP contribution in [-0.4, -0.2) is 87.4 Å². The minimum atomic E-state index is -0.643. The first kappa shape index (κ1) is 26.6. The van der Waals surface area contributed by atoms with Gasteiger partial charge in [0.2, 0.25) is 5.91 Å². The van der Waals surface area contributed by atoms with Gasteiger partial charge in [-0.25, -0.2) is 0 Å². The van der Waals surface area contributed by atoms with E-state index in [0.717, 1.165) is 18.3 Å². The molecule has 0 bridgehead atoms. The summed E-state index contributed by atoms with van der Waals surface area (Å²) < 4.78 is 21.4. The summed E-state index contributed by atoms with van der Waals surface area (Å²) in [5.74, 6) is 0.872. The summed E-state index contributed by atoms with van der Waals surface area (Å²) in [6, 6.07) is 0. The lowest BCUT2D eigenvalue weighted by atomic mass is 10.5. The van der Waals surface area contributed by atoms with E-state index in [-0.39, 0.29) is 19.1 Å². The van der Waals surface area contributed by atoms with Gasteiger partial charge in [0.15, 0.2) is 18.1 Å². The molecule has 170 valence electrons. The Bertz CT molecular complexity index is 470. The van der Waals surface area contributed by atoms with Crippen LogP contribution in [0.2, 0.25) is 0 Å². The fourth-order valence-corrected chi connectivity index (χ4v) is 2.88. The number of nitrogens with one attached hydrogen (secondary N) is 1. The van der Waals surface area contributed by atoms with Gasteiger partial charge < -0.3 is 39.7 Å². The second-order valence-corrected chi connectivity index (χ2v) is 6.99. The van der Waals surface area contributed by atoms with Gasteiger partial charge in [0, 0.05) is 11.8 Å². The highest BCUT2D eigenvalue weighted by Gasteiger charge is 2.27. The summed E-state index contributed by atoms with van der Waals surface area (Å²) in [7, 11) is 0. The van der Waals surface area contributed by atoms with Gasteiger partial charge >= 0.3 is 0 Å². The van der Waals surface area contributed by atoms with Crippen molar-refractivity contribution in [3.05, 3.63) is 11.5 Å². The van der Waals surface area contributed by atoms with Gasteiger partial charge in [-0.05, 0) is 6.42 Å². The molecular weight excluding hydrogens is 518 g/mol. The molecule has 1 unspecified atom stereocenters. The number of hydroxylamine groups is 2. The molecule has 0 saturated carbocycles. The molecule has 10 nitrogen and oxygen atoms in total. The minimum absolute atomic E-state index is 0.118. The topological polar surface area (TPSA) is 114 Å². The number of nitrogens with two attached hydrogens (primary N) is 1. The molecule has 0 radical (unpaired) electrons. The van der Waals surface area contributed by atoms with Gasteiger partial charge in [-0.1, -0.05) is 38.8 Å². The lowest BCUT2D eigenvalue weighted by molar-refractivity contribution is -0.289. The van der Waals surface area contributed by atoms with Crippen LogP contribution in [0, 0.1) is 0 Å². The Morgan fingerprint density at radius 3 is 1.93 bits per heavy atom. The van der Waals surface area contributed by atoms with E-state index >= 15 is 0 Å². The Morgan fingerprint density at radius 2 is 1.45 bits per heavy atom. The normalized spacial score (nSPS) is 15.3. The van der Waals surface area contributed by atoms with Gasteiger partial charge in [0.25, 0.3) is 0 Å². The van der Waals surface area contributed by atoms with Crippen LogP contribution in [-0.2, 0) is 33.4 Å². The average molecular weight is 549 g/mol. The molecule has 1 amide bonds. The number of hydrogen-bond donors (Lipinski definition) is 2. The molecule has 1 aliphatic rings. The van der Waals surface area contributed by atoms with Crippen LogP contribution in [0.3, 0.4) is 0 Å². The van der Waals surface area contributed by atoms with Gasteiger partial charge in [-0.2, -0.15) is 0 Å². The molecule has 0 aromatic rings. The zero-order chi connectivity index (χ0) is 21.3. The van der Waals surface area contributed by atoms with Crippen molar-refractivity contribution >= 4 is 37.8 Å². The molecule has 0 fully saturated rings. The van der Waals surface area contributed by atoms with Crippen LogP contribution in [0.5, 0.6) is 0 Å². The standard InChI is InChI=1S/C17H31Br2N3O7/c1-2-3-24-4-5-25-6-7-26-8-9-27-13-16(20)21-17(23)12-22-28-14(10-18)15(11-19)29-22/h16H,2-13,20H2,1H3,(H,21,23). The molecule has 1 heterocycles. The molecule has 0 saturated heterocycles. The summed E-state index contributed by atoms with van der Waals surface area (Å²) in [6.45, 7) is 5.81. The van der Waals surface area contributed by atoms with Crippen molar-refractivity contribution in [3.8, 4) is 0 Å². The van der Waals surface area contributed by atoms with E-state index in [1.165, 1.54) is 0 Å². The molecule has 0 spiro atoms. The van der Waals surface area contributed by atoms with Gasteiger partial charge in [0.05, 0.1) is 56.9 Å². The fraction of sp³-hybridized carbons (Fsp3) is 0.824. The second kappa shape index (κ2) is 17.2. The van der Waals surface area contributed by atoms with E-state index in [1.807, 2.05) is 0 Å². The Morgan fingerprint density at radius 1 is 0.966 bits per heavy atom. The molecule has 29 heavy (non-hydrogen) atoms. The predicted molar refractivity (Wildman–Crippen MR) is 113 cm³/mol. The third-order valence-electron chi connectivity index (χ3n) is 3.36. The number of halogens is 2. The summed E-state index contributed by atoms with van der Waals surface area (Å²) in [4.78, 5) is 22.8. The number of rotatable bonds is 18. The zero-order valence-corrected chi connectivity index (χ0v) is 19.9. The van der Waals surface area contributed by atoms with Crippen molar-refractivity contribution in [2.45, 2.75) is 19.5 Å². The highest BCUT2D eigenvalue weighted by atomic mass is 79.9. The molecular formula is C17H31Br2N3O7. The van der Waals surface area contributed by atoms with E-state index in [4.69, 9.17) is 34.4 Å². The minimum Gasteiger partial charge on any atom is -0.379 e. The molecule has 1 atom stereocenters. The number of carbonyl (C=O) groups is 1. The SMILES string of the molecule is CCCOCCOCCOCCOCC(N)NC(=O)CN1OC(CBr)=C(CBr)O1. The number of carbonyl (C=O) groups excluding carboxylic acids is 1. The molecule has 1 rings (SSSR count). The maximum Gasteiger partial charge on any atom is 0.242 e. The Kier molecular flexibility index (Phi) is 15.8. The average Bonchev–Trinajstić information content (AvgIpc) is 3.10. The summed E-state index contributed by atoms with van der Waals surface area (Å²) in [6.07, 6.45) is 0.363. The van der Waals surface area contributed by atoms with E-state index in [0.29, 0.717) is 61.8 Å². The quantitative estimate of drug-likeness (QED) is 0.147. The Hall–Kier alpha value is -0.470. The fourth-order valence-electron chi connectivity index (χ4n) is 2.05. The summed E-state index contributed by atoms with van der Waals surface area (Å²) >= 11 is 6.58. The summed E-state index contributed by atoms with van der Waals surface area (Å²) in [5.41, 5.74) is 5.83. The van der Waals surface area contributed by atoms with E-state index in [9.17, 15) is 4.79 Å². The van der Waals surface area contributed by atoms with Crippen LogP contribution < -0.4 is 11.1 Å². The lowest BCUT2D eigenvalue weighted by Crippen LogP contribution is -2.48. The molecule has 0 aliphatic carbocycles. The van der Waals surface area contributed by atoms with Crippen molar-refractivity contribution in [3.63, 3.8) is 0 Å². The largest absolute Gasteiger partial charge is 0.379 e. The Balaban J connectivity index is 1.95. The number of nitrogens with zero attached hydrogens (tertiary/aromatic N) is 1. The number of allylic oxidation sites excluding steroid dienone is 2.